The van der Waals surface area contributed by atoms with E-state index in [-0.39, 0.29) is 6.04 Å². The largest absolute Gasteiger partial charge is 0.336 e. The fourth-order valence-electron chi connectivity index (χ4n) is 3.14. The second-order valence-electron chi connectivity index (χ2n) is 5.65. The molecule has 0 amide bonds. The zero-order chi connectivity index (χ0) is 15.6. The number of aromatic nitrogens is 1. The van der Waals surface area contributed by atoms with E-state index in [0.717, 1.165) is 10.4 Å². The molecule has 0 aliphatic heterocycles. The average molecular weight is 318 g/mol. The summed E-state index contributed by atoms with van der Waals surface area (Å²) in [5, 5.41) is 1.93. The van der Waals surface area contributed by atoms with Gasteiger partial charge in [-0.3, -0.25) is 0 Å². The van der Waals surface area contributed by atoms with Crippen LogP contribution in [-0.4, -0.2) is 4.57 Å². The maximum atomic E-state index is 6.13. The van der Waals surface area contributed by atoms with Crippen molar-refractivity contribution in [2.45, 2.75) is 6.04 Å². The van der Waals surface area contributed by atoms with Crippen LogP contribution >= 0.6 is 11.6 Å². The first-order chi connectivity index (χ1) is 11.3. The Bertz CT molecular complexity index is 886. The number of fused-ring (bicyclic) bond motifs is 1. The van der Waals surface area contributed by atoms with Crippen molar-refractivity contribution >= 4 is 22.5 Å². The van der Waals surface area contributed by atoms with Crippen LogP contribution in [0.4, 0.5) is 0 Å². The molecule has 1 nitrogen and oxygen atoms in total. The molecule has 23 heavy (non-hydrogen) atoms. The predicted octanol–water partition coefficient (Wildman–Crippen LogP) is 5.93. The van der Waals surface area contributed by atoms with E-state index in [1.165, 1.54) is 16.6 Å². The van der Waals surface area contributed by atoms with Gasteiger partial charge in [-0.25, -0.2) is 0 Å². The van der Waals surface area contributed by atoms with Crippen molar-refractivity contribution in [2.75, 3.05) is 0 Å². The van der Waals surface area contributed by atoms with Gasteiger partial charge < -0.3 is 4.57 Å². The Labute approximate surface area is 140 Å². The number of hydrogen-bond donors (Lipinski definition) is 0. The predicted molar refractivity (Wildman–Crippen MR) is 97.1 cm³/mol. The van der Waals surface area contributed by atoms with Crippen LogP contribution in [0.5, 0.6) is 0 Å². The van der Waals surface area contributed by atoms with Gasteiger partial charge in [0, 0.05) is 22.1 Å². The Balaban J connectivity index is 1.94. The summed E-state index contributed by atoms with van der Waals surface area (Å²) in [6, 6.07) is 29.5. The van der Waals surface area contributed by atoms with Crippen molar-refractivity contribution in [1.29, 1.82) is 0 Å². The van der Waals surface area contributed by atoms with Gasteiger partial charge in [-0.05, 0) is 35.4 Å². The van der Waals surface area contributed by atoms with Crippen LogP contribution in [-0.2, 0) is 0 Å². The molecule has 4 aromatic rings. The third-order valence-corrected chi connectivity index (χ3v) is 4.43. The van der Waals surface area contributed by atoms with Gasteiger partial charge in [-0.2, -0.15) is 0 Å². The molecule has 0 fully saturated rings. The monoisotopic (exact) mass is 317 g/mol. The van der Waals surface area contributed by atoms with Gasteiger partial charge in [0.25, 0.3) is 0 Å². The lowest BCUT2D eigenvalue weighted by molar-refractivity contribution is 0.705. The second kappa shape index (κ2) is 5.94. The van der Waals surface area contributed by atoms with Crippen molar-refractivity contribution in [3.8, 4) is 0 Å². The Morgan fingerprint density at radius 1 is 0.696 bits per heavy atom. The minimum absolute atomic E-state index is 0.149. The van der Waals surface area contributed by atoms with Crippen LogP contribution in [0.2, 0.25) is 5.02 Å². The minimum Gasteiger partial charge on any atom is -0.336 e. The fraction of sp³-hybridized carbons (Fsp3) is 0.0476. The van der Waals surface area contributed by atoms with E-state index in [1.54, 1.807) is 0 Å². The van der Waals surface area contributed by atoms with E-state index < -0.39 is 0 Å². The molecule has 0 aliphatic rings. The summed E-state index contributed by atoms with van der Waals surface area (Å²) in [6.07, 6.45) is 2.14. The Morgan fingerprint density at radius 2 is 1.30 bits per heavy atom. The molecule has 0 unspecified atom stereocenters. The number of hydrogen-bond acceptors (Lipinski definition) is 0. The molecule has 0 aliphatic carbocycles. The van der Waals surface area contributed by atoms with E-state index >= 15 is 0 Å². The molecule has 112 valence electrons. The molecule has 0 atom stereocenters. The second-order valence-corrected chi connectivity index (χ2v) is 6.09. The van der Waals surface area contributed by atoms with Crippen molar-refractivity contribution in [2.24, 2.45) is 0 Å². The van der Waals surface area contributed by atoms with Crippen LogP contribution in [0, 0.1) is 0 Å². The molecular formula is C21H16ClN. The summed E-state index contributed by atoms with van der Waals surface area (Å²) in [4.78, 5) is 0. The molecule has 1 aromatic heterocycles. The summed E-state index contributed by atoms with van der Waals surface area (Å²) in [7, 11) is 0. The summed E-state index contributed by atoms with van der Waals surface area (Å²) in [5.41, 5.74) is 3.73. The number of rotatable bonds is 3. The topological polar surface area (TPSA) is 4.93 Å². The molecule has 0 N–H and O–H groups in total. The van der Waals surface area contributed by atoms with Gasteiger partial charge in [0.05, 0.1) is 6.04 Å². The highest BCUT2D eigenvalue weighted by Crippen LogP contribution is 2.31. The van der Waals surface area contributed by atoms with E-state index in [1.807, 2.05) is 12.1 Å². The van der Waals surface area contributed by atoms with Crippen LogP contribution in [0.1, 0.15) is 17.2 Å². The Kier molecular flexibility index (Phi) is 3.64. The first-order valence-electron chi connectivity index (χ1n) is 7.69. The number of nitrogens with zero attached hydrogens (tertiary/aromatic N) is 1. The first kappa shape index (κ1) is 14.1. The molecule has 0 saturated heterocycles. The maximum absolute atomic E-state index is 6.13. The molecular weight excluding hydrogens is 302 g/mol. The summed E-state index contributed by atoms with van der Waals surface area (Å²) < 4.78 is 2.32. The quantitative estimate of drug-likeness (QED) is 0.441. The lowest BCUT2D eigenvalue weighted by Gasteiger charge is -2.21. The Hall–Kier alpha value is -2.51. The highest BCUT2D eigenvalue weighted by atomic mass is 35.5. The van der Waals surface area contributed by atoms with Gasteiger partial charge in [0.15, 0.2) is 0 Å². The van der Waals surface area contributed by atoms with Crippen LogP contribution in [0.15, 0.2) is 91.1 Å². The molecule has 4 rings (SSSR count). The number of halogens is 1. The molecule has 3 aromatic carbocycles. The van der Waals surface area contributed by atoms with Gasteiger partial charge in [-0.1, -0.05) is 72.3 Å². The highest BCUT2D eigenvalue weighted by Gasteiger charge is 2.17. The van der Waals surface area contributed by atoms with E-state index in [2.05, 4.69) is 83.6 Å². The summed E-state index contributed by atoms with van der Waals surface area (Å²) in [6.45, 7) is 0. The van der Waals surface area contributed by atoms with Gasteiger partial charge in [0.2, 0.25) is 0 Å². The van der Waals surface area contributed by atoms with Crippen molar-refractivity contribution in [1.82, 2.24) is 4.57 Å². The molecule has 2 heteroatoms. The third-order valence-electron chi connectivity index (χ3n) is 4.19. The van der Waals surface area contributed by atoms with Gasteiger partial charge in [-0.15, -0.1) is 0 Å². The fourth-order valence-corrected chi connectivity index (χ4v) is 3.32. The van der Waals surface area contributed by atoms with Gasteiger partial charge >= 0.3 is 0 Å². The standard InChI is InChI=1S/C21H16ClN/c22-19-11-12-20-18(15-19)13-14-23(20)21(16-7-3-1-4-8-16)17-9-5-2-6-10-17/h1-15,21H. The van der Waals surface area contributed by atoms with Crippen molar-refractivity contribution in [3.05, 3.63) is 107 Å². The zero-order valence-electron chi connectivity index (χ0n) is 12.6. The minimum atomic E-state index is 0.149. The SMILES string of the molecule is Clc1ccc2c(ccn2C(c2ccccc2)c2ccccc2)c1. The van der Waals surface area contributed by atoms with Crippen LogP contribution < -0.4 is 0 Å². The smallest absolute Gasteiger partial charge is 0.0839 e. The third kappa shape index (κ3) is 2.64. The van der Waals surface area contributed by atoms with Gasteiger partial charge in [0.1, 0.15) is 0 Å². The highest BCUT2D eigenvalue weighted by molar-refractivity contribution is 6.31. The van der Waals surface area contributed by atoms with Crippen molar-refractivity contribution < 1.29 is 0 Å². The summed E-state index contributed by atoms with van der Waals surface area (Å²) >= 11 is 6.13. The number of benzene rings is 3. The lowest BCUT2D eigenvalue weighted by Crippen LogP contribution is -2.11. The molecule has 0 bridgehead atoms. The normalized spacial score (nSPS) is 11.2. The van der Waals surface area contributed by atoms with Crippen LogP contribution in [0.25, 0.3) is 10.9 Å². The van der Waals surface area contributed by atoms with E-state index in [9.17, 15) is 0 Å². The van der Waals surface area contributed by atoms with E-state index in [0.29, 0.717) is 0 Å². The molecule has 1 heterocycles. The molecule has 0 radical (unpaired) electrons. The maximum Gasteiger partial charge on any atom is 0.0839 e. The molecule has 0 saturated carbocycles. The zero-order valence-corrected chi connectivity index (χ0v) is 13.3. The van der Waals surface area contributed by atoms with Crippen molar-refractivity contribution in [3.63, 3.8) is 0 Å². The average Bonchev–Trinajstić information content (AvgIpc) is 3.00. The lowest BCUT2D eigenvalue weighted by atomic mass is 9.98. The molecule has 0 spiro atoms. The van der Waals surface area contributed by atoms with E-state index in [4.69, 9.17) is 11.6 Å². The Morgan fingerprint density at radius 3 is 1.91 bits per heavy atom. The first-order valence-corrected chi connectivity index (χ1v) is 8.07. The van der Waals surface area contributed by atoms with Crippen LogP contribution in [0.3, 0.4) is 0 Å². The summed E-state index contributed by atoms with van der Waals surface area (Å²) in [5.74, 6) is 0.